The molecule has 0 aliphatic heterocycles. The maximum Gasteiger partial charge on any atom is 0.261 e. The normalized spacial score (nSPS) is 12.2. The van der Waals surface area contributed by atoms with Crippen LogP contribution < -0.4 is 10.1 Å². The van der Waals surface area contributed by atoms with Crippen LogP contribution in [0, 0.1) is 0 Å². The molecule has 0 heterocycles. The number of amides is 2. The smallest absolute Gasteiger partial charge is 0.261 e. The van der Waals surface area contributed by atoms with Gasteiger partial charge in [0.25, 0.3) is 5.91 Å². The number of hydrogen-bond acceptors (Lipinski definition) is 3. The summed E-state index contributed by atoms with van der Waals surface area (Å²) in [6.45, 7) is 10.2. The summed E-state index contributed by atoms with van der Waals surface area (Å²) >= 11 is 6.46. The van der Waals surface area contributed by atoms with Crippen LogP contribution in [-0.2, 0) is 28.0 Å². The Hall–Kier alpha value is -3.31. The molecule has 3 aromatic rings. The van der Waals surface area contributed by atoms with Gasteiger partial charge in [0.1, 0.15) is 11.8 Å². The lowest BCUT2D eigenvalue weighted by molar-refractivity contribution is -0.143. The van der Waals surface area contributed by atoms with Crippen molar-refractivity contribution in [3.8, 4) is 5.75 Å². The van der Waals surface area contributed by atoms with E-state index in [-0.39, 0.29) is 36.4 Å². The third-order valence-corrected chi connectivity index (χ3v) is 6.45. The molecular weight excluding hydrogens is 484 g/mol. The summed E-state index contributed by atoms with van der Waals surface area (Å²) in [7, 11) is 0. The third kappa shape index (κ3) is 8.36. The SMILES string of the molecule is CC(C)NC(=O)[C@H](Cc1ccccc1)N(Cc1ccccc1Cl)C(=O)COc1ccc(C(C)(C)C)cc1. The van der Waals surface area contributed by atoms with Crippen LogP contribution in [-0.4, -0.2) is 35.4 Å². The van der Waals surface area contributed by atoms with E-state index in [9.17, 15) is 9.59 Å². The van der Waals surface area contributed by atoms with Gasteiger partial charge in [-0.25, -0.2) is 0 Å². The highest BCUT2D eigenvalue weighted by molar-refractivity contribution is 6.31. The van der Waals surface area contributed by atoms with Gasteiger partial charge in [-0.15, -0.1) is 0 Å². The quantitative estimate of drug-likeness (QED) is 0.347. The number of rotatable bonds is 10. The minimum absolute atomic E-state index is 0.0224. The summed E-state index contributed by atoms with van der Waals surface area (Å²) in [6, 6.07) is 24.0. The zero-order valence-corrected chi connectivity index (χ0v) is 23.1. The van der Waals surface area contributed by atoms with E-state index < -0.39 is 6.04 Å². The van der Waals surface area contributed by atoms with Gasteiger partial charge in [-0.1, -0.05) is 93.0 Å². The molecule has 3 rings (SSSR count). The van der Waals surface area contributed by atoms with Gasteiger partial charge in [0.2, 0.25) is 5.91 Å². The molecule has 0 aliphatic carbocycles. The molecule has 0 bridgehead atoms. The Bertz CT molecular complexity index is 1170. The van der Waals surface area contributed by atoms with Crippen LogP contribution in [0.3, 0.4) is 0 Å². The Morgan fingerprint density at radius 2 is 1.54 bits per heavy atom. The second kappa shape index (κ2) is 12.8. The predicted octanol–water partition coefficient (Wildman–Crippen LogP) is 6.18. The van der Waals surface area contributed by atoms with E-state index in [2.05, 4.69) is 26.1 Å². The summed E-state index contributed by atoms with van der Waals surface area (Å²) < 4.78 is 5.89. The molecular formula is C31H37ClN2O3. The standard InChI is InChI=1S/C31H37ClN2O3/c1-22(2)33-30(36)28(19-23-11-7-6-8-12-23)34(20-24-13-9-10-14-27(24)32)29(35)21-37-26-17-15-25(16-18-26)31(3,4)5/h6-18,22,28H,19-21H2,1-5H3,(H,33,36)/t28-/m0/s1. The summed E-state index contributed by atoms with van der Waals surface area (Å²) in [5, 5.41) is 3.53. The summed E-state index contributed by atoms with van der Waals surface area (Å²) in [4.78, 5) is 28.6. The molecule has 1 atom stereocenters. The van der Waals surface area contributed by atoms with E-state index in [1.807, 2.05) is 86.6 Å². The fraction of sp³-hybridized carbons (Fsp3) is 0.355. The van der Waals surface area contributed by atoms with Crippen molar-refractivity contribution in [2.75, 3.05) is 6.61 Å². The van der Waals surface area contributed by atoms with Gasteiger partial charge in [-0.05, 0) is 54.2 Å². The van der Waals surface area contributed by atoms with Crippen LogP contribution in [0.1, 0.15) is 51.3 Å². The van der Waals surface area contributed by atoms with Crippen LogP contribution in [0.4, 0.5) is 0 Å². The van der Waals surface area contributed by atoms with Crippen molar-refractivity contribution < 1.29 is 14.3 Å². The van der Waals surface area contributed by atoms with Crippen LogP contribution in [0.15, 0.2) is 78.9 Å². The Morgan fingerprint density at radius 3 is 2.14 bits per heavy atom. The van der Waals surface area contributed by atoms with E-state index in [4.69, 9.17) is 16.3 Å². The van der Waals surface area contributed by atoms with Gasteiger partial charge < -0.3 is 15.0 Å². The largest absolute Gasteiger partial charge is 0.484 e. The second-order valence-corrected chi connectivity index (χ2v) is 11.0. The molecule has 0 aromatic heterocycles. The molecule has 3 aromatic carbocycles. The number of carbonyl (C=O) groups excluding carboxylic acids is 2. The zero-order chi connectivity index (χ0) is 27.0. The van der Waals surface area contributed by atoms with E-state index >= 15 is 0 Å². The Kier molecular flexibility index (Phi) is 9.76. The molecule has 0 aliphatic rings. The van der Waals surface area contributed by atoms with Gasteiger partial charge in [-0.3, -0.25) is 9.59 Å². The fourth-order valence-corrected chi connectivity index (χ4v) is 4.22. The van der Waals surface area contributed by atoms with Gasteiger partial charge in [0.15, 0.2) is 6.61 Å². The molecule has 37 heavy (non-hydrogen) atoms. The fourth-order valence-electron chi connectivity index (χ4n) is 4.02. The average molecular weight is 521 g/mol. The molecule has 2 amide bonds. The minimum atomic E-state index is -0.736. The van der Waals surface area contributed by atoms with E-state index in [0.29, 0.717) is 17.2 Å². The van der Waals surface area contributed by atoms with Crippen LogP contribution in [0.2, 0.25) is 5.02 Å². The Morgan fingerprint density at radius 1 is 0.919 bits per heavy atom. The monoisotopic (exact) mass is 520 g/mol. The lowest BCUT2D eigenvalue weighted by atomic mass is 9.87. The van der Waals surface area contributed by atoms with E-state index in [1.165, 1.54) is 5.56 Å². The first kappa shape index (κ1) is 28.3. The predicted molar refractivity (Wildman–Crippen MR) is 150 cm³/mol. The molecule has 0 spiro atoms. The number of nitrogens with one attached hydrogen (secondary N) is 1. The number of hydrogen-bond donors (Lipinski definition) is 1. The van der Waals surface area contributed by atoms with Crippen LogP contribution >= 0.6 is 11.6 Å². The van der Waals surface area contributed by atoms with Crippen molar-refractivity contribution in [2.45, 2.75) is 65.1 Å². The molecule has 0 unspecified atom stereocenters. The zero-order valence-electron chi connectivity index (χ0n) is 22.3. The molecule has 0 radical (unpaired) electrons. The highest BCUT2D eigenvalue weighted by Gasteiger charge is 2.31. The van der Waals surface area contributed by atoms with Gasteiger partial charge >= 0.3 is 0 Å². The summed E-state index contributed by atoms with van der Waals surface area (Å²) in [5.74, 6) is 0.0960. The maximum absolute atomic E-state index is 13.7. The number of nitrogens with zero attached hydrogens (tertiary/aromatic N) is 1. The highest BCUT2D eigenvalue weighted by atomic mass is 35.5. The molecule has 6 heteroatoms. The van der Waals surface area contributed by atoms with Crippen LogP contribution in [0.25, 0.3) is 0 Å². The molecule has 196 valence electrons. The van der Waals surface area contributed by atoms with E-state index in [0.717, 1.165) is 11.1 Å². The second-order valence-electron chi connectivity index (χ2n) is 10.5. The van der Waals surface area contributed by atoms with Gasteiger partial charge in [-0.2, -0.15) is 0 Å². The van der Waals surface area contributed by atoms with Gasteiger partial charge in [0, 0.05) is 24.0 Å². The highest BCUT2D eigenvalue weighted by Crippen LogP contribution is 2.25. The average Bonchev–Trinajstić information content (AvgIpc) is 2.85. The Labute approximate surface area is 225 Å². The third-order valence-electron chi connectivity index (χ3n) is 6.08. The van der Waals surface area contributed by atoms with Crippen molar-refractivity contribution in [1.82, 2.24) is 10.2 Å². The van der Waals surface area contributed by atoms with Crippen molar-refractivity contribution in [3.05, 3.63) is 101 Å². The molecule has 1 N–H and O–H groups in total. The van der Waals surface area contributed by atoms with Crippen molar-refractivity contribution >= 4 is 23.4 Å². The van der Waals surface area contributed by atoms with Crippen molar-refractivity contribution in [2.24, 2.45) is 0 Å². The number of ether oxygens (including phenoxy) is 1. The summed E-state index contributed by atoms with van der Waals surface area (Å²) in [5.41, 5.74) is 2.93. The number of benzene rings is 3. The minimum Gasteiger partial charge on any atom is -0.484 e. The topological polar surface area (TPSA) is 58.6 Å². The first-order valence-electron chi connectivity index (χ1n) is 12.6. The van der Waals surface area contributed by atoms with Gasteiger partial charge in [0.05, 0.1) is 0 Å². The molecule has 5 nitrogen and oxygen atoms in total. The maximum atomic E-state index is 13.7. The van der Waals surface area contributed by atoms with Crippen LogP contribution in [0.5, 0.6) is 5.75 Å². The van der Waals surface area contributed by atoms with E-state index in [1.54, 1.807) is 11.0 Å². The number of carbonyl (C=O) groups is 2. The lowest BCUT2D eigenvalue weighted by Gasteiger charge is -2.32. The van der Waals surface area contributed by atoms with Crippen molar-refractivity contribution in [3.63, 3.8) is 0 Å². The molecule has 0 fully saturated rings. The Balaban J connectivity index is 1.89. The summed E-state index contributed by atoms with van der Waals surface area (Å²) in [6.07, 6.45) is 0.371. The molecule has 0 saturated heterocycles. The van der Waals surface area contributed by atoms with Crippen molar-refractivity contribution in [1.29, 1.82) is 0 Å². The molecule has 0 saturated carbocycles. The first-order chi connectivity index (χ1) is 17.5. The number of halogens is 1. The first-order valence-corrected chi connectivity index (χ1v) is 13.0. The lowest BCUT2D eigenvalue weighted by Crippen LogP contribution is -2.52.